The first-order valence-corrected chi connectivity index (χ1v) is 7.21. The van der Waals surface area contributed by atoms with Crippen LogP contribution in [0.15, 0.2) is 36.4 Å². The first-order valence-electron chi connectivity index (χ1n) is 7.21. The minimum atomic E-state index is -0.0184. The molecule has 0 aromatic heterocycles. The fraction of sp³-hybridized carbons (Fsp3) is 0.294. The number of benzene rings is 2. The van der Waals surface area contributed by atoms with Crippen molar-refractivity contribution in [1.82, 2.24) is 0 Å². The molecule has 0 bridgehead atoms. The van der Waals surface area contributed by atoms with E-state index in [0.717, 1.165) is 35.0 Å². The smallest absolute Gasteiger partial charge is 0.161 e. The van der Waals surface area contributed by atoms with Gasteiger partial charge in [-0.2, -0.15) is 0 Å². The average Bonchev–Trinajstić information content (AvgIpc) is 2.54. The van der Waals surface area contributed by atoms with Crippen LogP contribution in [0.1, 0.15) is 17.2 Å². The zero-order valence-corrected chi connectivity index (χ0v) is 11.9. The van der Waals surface area contributed by atoms with E-state index in [9.17, 15) is 0 Å². The number of ether oxygens (including phenoxy) is 3. The van der Waals surface area contributed by atoms with Gasteiger partial charge in [0.1, 0.15) is 25.1 Å². The molecule has 108 valence electrons. The van der Waals surface area contributed by atoms with Crippen molar-refractivity contribution in [3.63, 3.8) is 0 Å². The lowest BCUT2D eigenvalue weighted by atomic mass is 10.1. The van der Waals surface area contributed by atoms with Gasteiger partial charge in [-0.15, -0.1) is 0 Å². The fourth-order valence-electron chi connectivity index (χ4n) is 2.80. The van der Waals surface area contributed by atoms with Gasteiger partial charge >= 0.3 is 0 Å². The molecule has 0 amide bonds. The van der Waals surface area contributed by atoms with Gasteiger partial charge in [-0.3, -0.25) is 0 Å². The Balaban J connectivity index is 1.63. The minimum Gasteiger partial charge on any atom is -0.486 e. The molecule has 2 aromatic rings. The number of fused-ring (bicyclic) bond motifs is 2. The first-order chi connectivity index (χ1) is 10.3. The van der Waals surface area contributed by atoms with Gasteiger partial charge in [0, 0.05) is 0 Å². The molecule has 4 heteroatoms. The van der Waals surface area contributed by atoms with Crippen LogP contribution in [0, 0.1) is 6.92 Å². The Morgan fingerprint density at radius 2 is 1.86 bits per heavy atom. The van der Waals surface area contributed by atoms with Gasteiger partial charge < -0.3 is 19.5 Å². The van der Waals surface area contributed by atoms with Crippen molar-refractivity contribution in [2.24, 2.45) is 0 Å². The van der Waals surface area contributed by atoms with Crippen LogP contribution in [0.5, 0.6) is 17.2 Å². The van der Waals surface area contributed by atoms with Crippen LogP contribution in [-0.2, 0) is 0 Å². The molecule has 2 heterocycles. The Morgan fingerprint density at radius 1 is 1.00 bits per heavy atom. The largest absolute Gasteiger partial charge is 0.486 e. The molecular weight excluding hydrogens is 266 g/mol. The lowest BCUT2D eigenvalue weighted by molar-refractivity contribution is 0.169. The van der Waals surface area contributed by atoms with E-state index in [2.05, 4.69) is 18.3 Å². The Bertz CT molecular complexity index is 684. The molecule has 2 aliphatic rings. The highest BCUT2D eigenvalue weighted by Crippen LogP contribution is 2.38. The molecule has 0 aliphatic carbocycles. The summed E-state index contributed by atoms with van der Waals surface area (Å²) in [7, 11) is 0. The van der Waals surface area contributed by atoms with Crippen molar-refractivity contribution in [1.29, 1.82) is 0 Å². The van der Waals surface area contributed by atoms with Crippen LogP contribution in [0.2, 0.25) is 0 Å². The second kappa shape index (κ2) is 4.88. The maximum atomic E-state index is 6.13. The molecule has 2 aromatic carbocycles. The summed E-state index contributed by atoms with van der Waals surface area (Å²) < 4.78 is 17.3. The molecule has 0 saturated carbocycles. The molecule has 21 heavy (non-hydrogen) atoms. The maximum absolute atomic E-state index is 6.13. The summed E-state index contributed by atoms with van der Waals surface area (Å²) in [6.07, 6.45) is -0.0184. The van der Waals surface area contributed by atoms with E-state index in [1.54, 1.807) is 0 Å². The van der Waals surface area contributed by atoms with Crippen LogP contribution in [0.3, 0.4) is 0 Å². The van der Waals surface area contributed by atoms with Crippen LogP contribution in [0.25, 0.3) is 0 Å². The summed E-state index contributed by atoms with van der Waals surface area (Å²) in [4.78, 5) is 0. The summed E-state index contributed by atoms with van der Waals surface area (Å²) in [6, 6.07) is 12.1. The number of anilines is 1. The van der Waals surface area contributed by atoms with E-state index in [0.29, 0.717) is 13.2 Å². The van der Waals surface area contributed by atoms with Crippen molar-refractivity contribution < 1.29 is 14.2 Å². The molecule has 4 nitrogen and oxygen atoms in total. The summed E-state index contributed by atoms with van der Waals surface area (Å²) in [5.41, 5.74) is 3.39. The van der Waals surface area contributed by atoms with Gasteiger partial charge in [0.25, 0.3) is 0 Å². The van der Waals surface area contributed by atoms with E-state index < -0.39 is 0 Å². The molecular formula is C17H17NO3. The number of nitrogens with one attached hydrogen (secondary N) is 1. The molecule has 2 aliphatic heterocycles. The predicted molar refractivity (Wildman–Crippen MR) is 80.5 cm³/mol. The molecule has 0 radical (unpaired) electrons. The Hall–Kier alpha value is -2.36. The van der Waals surface area contributed by atoms with E-state index in [-0.39, 0.29) is 6.10 Å². The quantitative estimate of drug-likeness (QED) is 0.871. The molecule has 0 spiro atoms. The monoisotopic (exact) mass is 283 g/mol. The number of rotatable bonds is 1. The standard InChI is InChI=1S/C17H17NO3/c1-11-3-2-4-14-17(11)18-10-16(21-14)12-5-6-13-15(9-12)20-8-7-19-13/h2-6,9,16,18H,7-8,10H2,1H3. The summed E-state index contributed by atoms with van der Waals surface area (Å²) >= 11 is 0. The van der Waals surface area contributed by atoms with Crippen molar-refractivity contribution in [2.45, 2.75) is 13.0 Å². The van der Waals surface area contributed by atoms with Gasteiger partial charge in [-0.25, -0.2) is 0 Å². The first kappa shape index (κ1) is 12.4. The van der Waals surface area contributed by atoms with E-state index in [1.807, 2.05) is 30.3 Å². The van der Waals surface area contributed by atoms with Crippen LogP contribution >= 0.6 is 0 Å². The Morgan fingerprint density at radius 3 is 2.76 bits per heavy atom. The molecule has 1 unspecified atom stereocenters. The fourth-order valence-corrected chi connectivity index (χ4v) is 2.80. The second-order valence-corrected chi connectivity index (χ2v) is 5.34. The summed E-state index contributed by atoms with van der Waals surface area (Å²) in [5.74, 6) is 2.52. The minimum absolute atomic E-state index is 0.0184. The second-order valence-electron chi connectivity index (χ2n) is 5.34. The lowest BCUT2D eigenvalue weighted by Crippen LogP contribution is -2.24. The maximum Gasteiger partial charge on any atom is 0.161 e. The van der Waals surface area contributed by atoms with E-state index in [4.69, 9.17) is 14.2 Å². The van der Waals surface area contributed by atoms with Crippen LogP contribution < -0.4 is 19.5 Å². The molecule has 0 saturated heterocycles. The summed E-state index contributed by atoms with van der Waals surface area (Å²) in [5, 5.41) is 3.46. The number of para-hydroxylation sites is 1. The van der Waals surface area contributed by atoms with Crippen LogP contribution in [0.4, 0.5) is 5.69 Å². The SMILES string of the molecule is Cc1cccc2c1NCC(c1ccc3c(c1)OCCO3)O2. The highest BCUT2D eigenvalue weighted by Gasteiger charge is 2.23. The summed E-state index contributed by atoms with van der Waals surface area (Å²) in [6.45, 7) is 4.04. The number of aryl methyl sites for hydroxylation is 1. The number of hydrogen-bond acceptors (Lipinski definition) is 4. The van der Waals surface area contributed by atoms with Gasteiger partial charge in [0.05, 0.1) is 12.2 Å². The van der Waals surface area contributed by atoms with Crippen molar-refractivity contribution in [2.75, 3.05) is 25.1 Å². The van der Waals surface area contributed by atoms with Gasteiger partial charge in [-0.1, -0.05) is 18.2 Å². The normalized spacial score (nSPS) is 19.2. The highest BCUT2D eigenvalue weighted by molar-refractivity contribution is 5.63. The Labute approximate surface area is 123 Å². The van der Waals surface area contributed by atoms with Crippen molar-refractivity contribution in [3.8, 4) is 17.2 Å². The molecule has 4 rings (SSSR count). The predicted octanol–water partition coefficient (Wildman–Crippen LogP) is 3.31. The molecule has 1 N–H and O–H groups in total. The Kier molecular flexibility index (Phi) is 2.88. The average molecular weight is 283 g/mol. The lowest BCUT2D eigenvalue weighted by Gasteiger charge is -2.29. The third-order valence-corrected chi connectivity index (χ3v) is 3.91. The van der Waals surface area contributed by atoms with Crippen LogP contribution in [-0.4, -0.2) is 19.8 Å². The van der Waals surface area contributed by atoms with Gasteiger partial charge in [-0.05, 0) is 36.2 Å². The number of hydrogen-bond donors (Lipinski definition) is 1. The van der Waals surface area contributed by atoms with Gasteiger partial charge in [0.15, 0.2) is 11.5 Å². The third-order valence-electron chi connectivity index (χ3n) is 3.91. The van der Waals surface area contributed by atoms with E-state index in [1.165, 1.54) is 5.56 Å². The van der Waals surface area contributed by atoms with E-state index >= 15 is 0 Å². The van der Waals surface area contributed by atoms with Gasteiger partial charge in [0.2, 0.25) is 0 Å². The zero-order chi connectivity index (χ0) is 14.2. The third kappa shape index (κ3) is 2.17. The van der Waals surface area contributed by atoms with Crippen molar-refractivity contribution >= 4 is 5.69 Å². The van der Waals surface area contributed by atoms with Crippen molar-refractivity contribution in [3.05, 3.63) is 47.5 Å². The topological polar surface area (TPSA) is 39.7 Å². The molecule has 1 atom stereocenters. The highest BCUT2D eigenvalue weighted by atomic mass is 16.6. The zero-order valence-electron chi connectivity index (χ0n) is 11.9. The molecule has 0 fully saturated rings.